The van der Waals surface area contributed by atoms with E-state index in [1.54, 1.807) is 6.20 Å². The van der Waals surface area contributed by atoms with Gasteiger partial charge in [-0.25, -0.2) is 4.98 Å². The minimum atomic E-state index is 0.577. The number of hydrogen-bond acceptors (Lipinski definition) is 2. The van der Waals surface area contributed by atoms with E-state index in [2.05, 4.69) is 22.5 Å². The molecule has 1 aromatic rings. The van der Waals surface area contributed by atoms with Crippen LogP contribution >= 0.6 is 12.2 Å². The molecule has 2 saturated carbocycles. The van der Waals surface area contributed by atoms with Crippen molar-refractivity contribution in [3.63, 3.8) is 0 Å². The van der Waals surface area contributed by atoms with E-state index in [9.17, 15) is 0 Å². The van der Waals surface area contributed by atoms with Crippen molar-refractivity contribution in [1.82, 2.24) is 10.3 Å². The lowest BCUT2D eigenvalue weighted by molar-refractivity contribution is 0.392. The van der Waals surface area contributed by atoms with Crippen LogP contribution in [-0.2, 0) is 0 Å². The van der Waals surface area contributed by atoms with Gasteiger partial charge in [0, 0.05) is 12.2 Å². The number of thiocarbonyl (C=S) groups is 1. The summed E-state index contributed by atoms with van der Waals surface area (Å²) in [5, 5.41) is 7.35. The first-order valence-corrected chi connectivity index (χ1v) is 7.12. The quantitative estimate of drug-likeness (QED) is 0.803. The third-order valence-electron chi connectivity index (χ3n) is 4.21. The third kappa shape index (κ3) is 2.48. The number of fused-ring (bicyclic) bond motifs is 2. The van der Waals surface area contributed by atoms with Crippen LogP contribution in [0.2, 0.25) is 0 Å². The molecule has 3 rings (SSSR count). The molecule has 0 aliphatic heterocycles. The van der Waals surface area contributed by atoms with Gasteiger partial charge in [-0.3, -0.25) is 0 Å². The minimum absolute atomic E-state index is 0.577. The summed E-state index contributed by atoms with van der Waals surface area (Å²) in [6.45, 7) is 2.05. The SMILES string of the molecule is Cc1ccnc(NC(=S)N[C@H]2C[C@H]3CC[C@@H]2C3)c1. The second-order valence-electron chi connectivity index (χ2n) is 5.60. The second kappa shape index (κ2) is 4.84. The molecule has 0 saturated heterocycles. The van der Waals surface area contributed by atoms with E-state index < -0.39 is 0 Å². The van der Waals surface area contributed by atoms with Crippen LogP contribution in [-0.4, -0.2) is 16.1 Å². The standard InChI is InChI=1S/C14H19N3S/c1-9-4-5-15-13(6-9)17-14(18)16-12-8-10-2-3-11(12)7-10/h4-6,10-12H,2-3,7-8H2,1H3,(H2,15,16,17,18)/t10-,11+,12-/m0/s1. The van der Waals surface area contributed by atoms with Gasteiger partial charge in [0.05, 0.1) is 0 Å². The average Bonchev–Trinajstić information content (AvgIpc) is 2.90. The van der Waals surface area contributed by atoms with Crippen molar-refractivity contribution in [3.05, 3.63) is 23.9 Å². The fourth-order valence-corrected chi connectivity index (χ4v) is 3.60. The molecule has 0 unspecified atom stereocenters. The molecule has 0 amide bonds. The van der Waals surface area contributed by atoms with Gasteiger partial charge in [-0.2, -0.15) is 0 Å². The Morgan fingerprint density at radius 1 is 1.39 bits per heavy atom. The monoisotopic (exact) mass is 261 g/mol. The molecule has 4 heteroatoms. The van der Waals surface area contributed by atoms with E-state index in [-0.39, 0.29) is 0 Å². The number of aryl methyl sites for hydroxylation is 1. The molecule has 3 nitrogen and oxygen atoms in total. The van der Waals surface area contributed by atoms with E-state index in [0.29, 0.717) is 11.2 Å². The molecule has 96 valence electrons. The van der Waals surface area contributed by atoms with Crippen molar-refractivity contribution < 1.29 is 0 Å². The van der Waals surface area contributed by atoms with E-state index in [0.717, 1.165) is 17.7 Å². The van der Waals surface area contributed by atoms with Crippen LogP contribution in [0.1, 0.15) is 31.2 Å². The molecule has 2 aliphatic carbocycles. The number of anilines is 1. The van der Waals surface area contributed by atoms with E-state index in [4.69, 9.17) is 12.2 Å². The smallest absolute Gasteiger partial charge is 0.172 e. The molecule has 3 atom stereocenters. The van der Waals surface area contributed by atoms with E-state index in [1.807, 2.05) is 12.1 Å². The zero-order chi connectivity index (χ0) is 12.5. The topological polar surface area (TPSA) is 37.0 Å². The molecule has 2 aliphatic rings. The third-order valence-corrected chi connectivity index (χ3v) is 4.43. The maximum atomic E-state index is 5.37. The largest absolute Gasteiger partial charge is 0.359 e. The van der Waals surface area contributed by atoms with Gasteiger partial charge in [0.15, 0.2) is 5.11 Å². The van der Waals surface area contributed by atoms with Crippen molar-refractivity contribution in [2.24, 2.45) is 11.8 Å². The average molecular weight is 261 g/mol. The number of hydrogen-bond donors (Lipinski definition) is 2. The fourth-order valence-electron chi connectivity index (χ4n) is 3.35. The molecule has 0 spiro atoms. The summed E-state index contributed by atoms with van der Waals surface area (Å²) in [5.41, 5.74) is 1.19. The molecule has 0 radical (unpaired) electrons. The van der Waals surface area contributed by atoms with Gasteiger partial charge >= 0.3 is 0 Å². The Kier molecular flexibility index (Phi) is 3.20. The normalized spacial score (nSPS) is 29.3. The predicted molar refractivity (Wildman–Crippen MR) is 77.6 cm³/mol. The zero-order valence-electron chi connectivity index (χ0n) is 10.6. The number of rotatable bonds is 2. The van der Waals surface area contributed by atoms with E-state index >= 15 is 0 Å². The highest BCUT2D eigenvalue weighted by Gasteiger charge is 2.39. The number of aromatic nitrogens is 1. The summed E-state index contributed by atoms with van der Waals surface area (Å²) in [5.74, 6) is 2.60. The van der Waals surface area contributed by atoms with Crippen LogP contribution in [0.15, 0.2) is 18.3 Å². The van der Waals surface area contributed by atoms with Crippen LogP contribution in [0.25, 0.3) is 0 Å². The molecule has 2 bridgehead atoms. The lowest BCUT2D eigenvalue weighted by Gasteiger charge is -2.24. The maximum absolute atomic E-state index is 5.37. The Labute approximate surface area is 113 Å². The van der Waals surface area contributed by atoms with Crippen molar-refractivity contribution in [2.45, 2.75) is 38.6 Å². The molecular weight excluding hydrogens is 242 g/mol. The maximum Gasteiger partial charge on any atom is 0.172 e. The second-order valence-corrected chi connectivity index (χ2v) is 6.01. The summed E-state index contributed by atoms with van der Waals surface area (Å²) in [6, 6.07) is 4.57. The van der Waals surface area contributed by atoms with Gasteiger partial charge < -0.3 is 10.6 Å². The Bertz CT molecular complexity index is 460. The summed E-state index contributed by atoms with van der Waals surface area (Å²) < 4.78 is 0. The minimum Gasteiger partial charge on any atom is -0.359 e. The van der Waals surface area contributed by atoms with Gasteiger partial charge in [0.2, 0.25) is 0 Å². The molecule has 2 fully saturated rings. The van der Waals surface area contributed by atoms with Crippen molar-refractivity contribution in [3.8, 4) is 0 Å². The molecule has 0 aromatic carbocycles. The first-order chi connectivity index (χ1) is 8.70. The fraction of sp³-hybridized carbons (Fsp3) is 0.571. The number of nitrogens with zero attached hydrogens (tertiary/aromatic N) is 1. The van der Waals surface area contributed by atoms with Crippen molar-refractivity contribution in [1.29, 1.82) is 0 Å². The number of pyridine rings is 1. The summed E-state index contributed by atoms with van der Waals surface area (Å²) >= 11 is 5.37. The summed E-state index contributed by atoms with van der Waals surface area (Å²) in [6.07, 6.45) is 7.27. The van der Waals surface area contributed by atoms with Gasteiger partial charge in [-0.15, -0.1) is 0 Å². The lowest BCUT2D eigenvalue weighted by atomic mass is 9.96. The predicted octanol–water partition coefficient (Wildman–Crippen LogP) is 2.87. The van der Waals surface area contributed by atoms with Gasteiger partial charge in [0.25, 0.3) is 0 Å². The van der Waals surface area contributed by atoms with Crippen molar-refractivity contribution in [2.75, 3.05) is 5.32 Å². The van der Waals surface area contributed by atoms with Crippen molar-refractivity contribution >= 4 is 23.1 Å². The van der Waals surface area contributed by atoms with Gasteiger partial charge in [0.1, 0.15) is 5.82 Å². The zero-order valence-corrected chi connectivity index (χ0v) is 11.5. The molecule has 1 heterocycles. The van der Waals surface area contributed by atoms with Crippen LogP contribution in [0.5, 0.6) is 0 Å². The summed E-state index contributed by atoms with van der Waals surface area (Å²) in [4.78, 5) is 4.26. The van der Waals surface area contributed by atoms with Crippen LogP contribution < -0.4 is 10.6 Å². The highest BCUT2D eigenvalue weighted by atomic mass is 32.1. The molecular formula is C14H19N3S. The Morgan fingerprint density at radius 2 is 2.28 bits per heavy atom. The highest BCUT2D eigenvalue weighted by molar-refractivity contribution is 7.80. The first-order valence-electron chi connectivity index (χ1n) is 6.71. The molecule has 2 N–H and O–H groups in total. The van der Waals surface area contributed by atoms with Crippen LogP contribution in [0.4, 0.5) is 5.82 Å². The Hall–Kier alpha value is -1.16. The Balaban J connectivity index is 1.56. The highest BCUT2D eigenvalue weighted by Crippen LogP contribution is 2.44. The molecule has 1 aromatic heterocycles. The van der Waals surface area contributed by atoms with E-state index in [1.165, 1.54) is 31.2 Å². The van der Waals surface area contributed by atoms with Gasteiger partial charge in [-0.05, 0) is 67.9 Å². The number of nitrogens with one attached hydrogen (secondary N) is 2. The lowest BCUT2D eigenvalue weighted by Crippen LogP contribution is -2.40. The first kappa shape index (κ1) is 11.9. The Morgan fingerprint density at radius 3 is 2.94 bits per heavy atom. The summed E-state index contributed by atoms with van der Waals surface area (Å²) in [7, 11) is 0. The van der Waals surface area contributed by atoms with Crippen LogP contribution in [0, 0.1) is 18.8 Å². The molecule has 18 heavy (non-hydrogen) atoms. The van der Waals surface area contributed by atoms with Crippen LogP contribution in [0.3, 0.4) is 0 Å². The van der Waals surface area contributed by atoms with Gasteiger partial charge in [-0.1, -0.05) is 6.42 Å².